The third-order valence-corrected chi connectivity index (χ3v) is 3.38. The second kappa shape index (κ2) is 3.95. The van der Waals surface area contributed by atoms with Gasteiger partial charge in [-0.1, -0.05) is 18.2 Å². The van der Waals surface area contributed by atoms with Crippen molar-refractivity contribution < 1.29 is 4.79 Å². The number of pyridine rings is 1. The Balaban J connectivity index is 2.02. The largest absolute Gasteiger partial charge is 0.292 e. The van der Waals surface area contributed by atoms with Gasteiger partial charge in [0.2, 0.25) is 0 Å². The number of nitrogens with zero attached hydrogens (tertiary/aromatic N) is 1. The van der Waals surface area contributed by atoms with Crippen molar-refractivity contribution in [3.63, 3.8) is 0 Å². The van der Waals surface area contributed by atoms with Crippen molar-refractivity contribution in [1.82, 2.24) is 4.98 Å². The van der Waals surface area contributed by atoms with E-state index < -0.39 is 0 Å². The fourth-order valence-corrected chi connectivity index (χ4v) is 2.18. The number of carbonyl (C=O) groups excluding carboxylic acids is 1. The van der Waals surface area contributed by atoms with Gasteiger partial charge in [-0.05, 0) is 43.4 Å². The van der Waals surface area contributed by atoms with E-state index in [0.29, 0.717) is 18.0 Å². The molecule has 1 fully saturated rings. The number of Topliss-reactive ketones (excluding diaryl/α,β-unsaturated/α-hetero) is 1. The maximum Gasteiger partial charge on any atom is 0.181 e. The molecule has 0 aliphatic heterocycles. The van der Waals surface area contributed by atoms with Crippen LogP contribution in [0, 0.1) is 12.8 Å². The number of rotatable bonds is 3. The van der Waals surface area contributed by atoms with Gasteiger partial charge in [0.25, 0.3) is 0 Å². The molecule has 0 radical (unpaired) electrons. The van der Waals surface area contributed by atoms with Gasteiger partial charge in [0, 0.05) is 11.8 Å². The van der Waals surface area contributed by atoms with Crippen LogP contribution in [0.25, 0.3) is 10.9 Å². The molecule has 2 aromatic rings. The normalized spacial score (nSPS) is 15.1. The van der Waals surface area contributed by atoms with Crippen LogP contribution in [0.2, 0.25) is 0 Å². The predicted molar refractivity (Wildman–Crippen MR) is 68.2 cm³/mol. The first-order valence-corrected chi connectivity index (χ1v) is 6.13. The van der Waals surface area contributed by atoms with Crippen molar-refractivity contribution in [2.24, 2.45) is 5.92 Å². The van der Waals surface area contributed by atoms with E-state index in [4.69, 9.17) is 0 Å². The predicted octanol–water partition coefficient (Wildman–Crippen LogP) is 3.53. The van der Waals surface area contributed by atoms with Crippen molar-refractivity contribution in [2.45, 2.75) is 26.2 Å². The van der Waals surface area contributed by atoms with Crippen LogP contribution < -0.4 is 0 Å². The Labute approximate surface area is 101 Å². The summed E-state index contributed by atoms with van der Waals surface area (Å²) in [6, 6.07) is 9.91. The number of fused-ring (bicyclic) bond motifs is 1. The molecular weight excluding hydrogens is 210 g/mol. The zero-order chi connectivity index (χ0) is 11.8. The molecule has 0 spiro atoms. The maximum absolute atomic E-state index is 12.0. The smallest absolute Gasteiger partial charge is 0.181 e. The van der Waals surface area contributed by atoms with Gasteiger partial charge in [-0.2, -0.15) is 0 Å². The summed E-state index contributed by atoms with van der Waals surface area (Å²) in [5.41, 5.74) is 2.69. The summed E-state index contributed by atoms with van der Waals surface area (Å²) >= 11 is 0. The molecule has 1 saturated carbocycles. The van der Waals surface area contributed by atoms with Crippen LogP contribution in [0.4, 0.5) is 0 Å². The lowest BCUT2D eigenvalue weighted by atomic mass is 10.1. The van der Waals surface area contributed by atoms with Gasteiger partial charge in [0.05, 0.1) is 5.52 Å². The van der Waals surface area contributed by atoms with E-state index in [9.17, 15) is 4.79 Å². The molecule has 86 valence electrons. The molecule has 0 unspecified atom stereocenters. The van der Waals surface area contributed by atoms with Gasteiger partial charge < -0.3 is 0 Å². The van der Waals surface area contributed by atoms with Crippen LogP contribution in [0.3, 0.4) is 0 Å². The minimum Gasteiger partial charge on any atom is -0.292 e. The van der Waals surface area contributed by atoms with Crippen molar-refractivity contribution in [1.29, 1.82) is 0 Å². The summed E-state index contributed by atoms with van der Waals surface area (Å²) in [6.45, 7) is 2.04. The first-order chi connectivity index (χ1) is 8.24. The Kier molecular flexibility index (Phi) is 2.43. The van der Waals surface area contributed by atoms with Crippen LogP contribution in [-0.2, 0) is 0 Å². The average molecular weight is 225 g/mol. The maximum atomic E-state index is 12.0. The van der Waals surface area contributed by atoms with E-state index in [2.05, 4.69) is 4.98 Å². The highest BCUT2D eigenvalue weighted by molar-refractivity contribution is 5.97. The van der Waals surface area contributed by atoms with Crippen molar-refractivity contribution in [3.8, 4) is 0 Å². The number of hydrogen-bond acceptors (Lipinski definition) is 2. The molecule has 0 atom stereocenters. The molecule has 1 aromatic carbocycles. The van der Waals surface area contributed by atoms with Gasteiger partial charge >= 0.3 is 0 Å². The Morgan fingerprint density at radius 2 is 2.12 bits per heavy atom. The number of benzene rings is 1. The molecule has 0 N–H and O–H groups in total. The van der Waals surface area contributed by atoms with E-state index in [1.54, 1.807) is 0 Å². The lowest BCUT2D eigenvalue weighted by molar-refractivity contribution is 0.0971. The lowest BCUT2D eigenvalue weighted by Crippen LogP contribution is -2.04. The highest BCUT2D eigenvalue weighted by Gasteiger charge is 2.25. The third kappa shape index (κ3) is 2.07. The second-order valence-electron chi connectivity index (χ2n) is 4.91. The van der Waals surface area contributed by atoms with Gasteiger partial charge in [-0.3, -0.25) is 4.79 Å². The number of aryl methyl sites for hydroxylation is 1. The van der Waals surface area contributed by atoms with Crippen LogP contribution in [0.5, 0.6) is 0 Å². The van der Waals surface area contributed by atoms with Crippen molar-refractivity contribution >= 4 is 16.7 Å². The first-order valence-electron chi connectivity index (χ1n) is 6.13. The molecule has 1 heterocycles. The number of ketones is 1. The van der Waals surface area contributed by atoms with Crippen molar-refractivity contribution in [3.05, 3.63) is 41.6 Å². The van der Waals surface area contributed by atoms with E-state index in [1.165, 1.54) is 12.8 Å². The molecule has 1 aliphatic rings. The molecule has 3 rings (SSSR count). The van der Waals surface area contributed by atoms with Crippen LogP contribution >= 0.6 is 0 Å². The standard InChI is InChI=1S/C15H15NO/c1-10-8-14(15(17)9-11-6-7-11)16-13-5-3-2-4-12(10)13/h2-5,8,11H,6-7,9H2,1H3. The molecule has 0 amide bonds. The summed E-state index contributed by atoms with van der Waals surface area (Å²) in [5.74, 6) is 0.817. The van der Waals surface area contributed by atoms with Gasteiger partial charge in [0.15, 0.2) is 5.78 Å². The third-order valence-electron chi connectivity index (χ3n) is 3.38. The topological polar surface area (TPSA) is 30.0 Å². The molecule has 1 aromatic heterocycles. The quantitative estimate of drug-likeness (QED) is 0.748. The Hall–Kier alpha value is -1.70. The lowest BCUT2D eigenvalue weighted by Gasteiger charge is -2.05. The fraction of sp³-hybridized carbons (Fsp3) is 0.333. The summed E-state index contributed by atoms with van der Waals surface area (Å²) < 4.78 is 0. The summed E-state index contributed by atoms with van der Waals surface area (Å²) in [7, 11) is 0. The second-order valence-corrected chi connectivity index (χ2v) is 4.91. The van der Waals surface area contributed by atoms with Gasteiger partial charge in [0.1, 0.15) is 5.69 Å². The monoisotopic (exact) mass is 225 g/mol. The minimum absolute atomic E-state index is 0.196. The van der Waals surface area contributed by atoms with Crippen molar-refractivity contribution in [2.75, 3.05) is 0 Å². The van der Waals surface area contributed by atoms with Gasteiger partial charge in [-0.25, -0.2) is 4.98 Å². The minimum atomic E-state index is 0.196. The van der Waals surface area contributed by atoms with Crippen LogP contribution in [0.1, 0.15) is 35.3 Å². The molecule has 1 aliphatic carbocycles. The number of hydrogen-bond donors (Lipinski definition) is 0. The number of para-hydroxylation sites is 1. The Bertz CT molecular complexity index is 584. The van der Waals surface area contributed by atoms with Crippen LogP contribution in [-0.4, -0.2) is 10.8 Å². The molecule has 0 saturated heterocycles. The zero-order valence-electron chi connectivity index (χ0n) is 9.94. The van der Waals surface area contributed by atoms with Crippen LogP contribution in [0.15, 0.2) is 30.3 Å². The summed E-state index contributed by atoms with van der Waals surface area (Å²) in [5, 5.41) is 1.13. The fourth-order valence-electron chi connectivity index (χ4n) is 2.18. The highest BCUT2D eigenvalue weighted by atomic mass is 16.1. The summed E-state index contributed by atoms with van der Waals surface area (Å²) in [6.07, 6.45) is 3.08. The Morgan fingerprint density at radius 3 is 2.88 bits per heavy atom. The summed E-state index contributed by atoms with van der Waals surface area (Å²) in [4.78, 5) is 16.5. The number of aromatic nitrogens is 1. The van der Waals surface area contributed by atoms with E-state index in [-0.39, 0.29) is 5.78 Å². The molecule has 2 heteroatoms. The van der Waals surface area contributed by atoms with E-state index in [0.717, 1.165) is 16.5 Å². The molecular formula is C15H15NO. The SMILES string of the molecule is Cc1cc(C(=O)CC2CC2)nc2ccccc12. The molecule has 2 nitrogen and oxygen atoms in total. The average Bonchev–Trinajstić information content (AvgIpc) is 3.13. The Morgan fingerprint density at radius 1 is 1.35 bits per heavy atom. The highest BCUT2D eigenvalue weighted by Crippen LogP contribution is 2.33. The zero-order valence-corrected chi connectivity index (χ0v) is 9.94. The van der Waals surface area contributed by atoms with E-state index in [1.807, 2.05) is 37.3 Å². The molecule has 17 heavy (non-hydrogen) atoms. The van der Waals surface area contributed by atoms with E-state index >= 15 is 0 Å². The first kappa shape index (κ1) is 10.5. The molecule has 0 bridgehead atoms. The number of carbonyl (C=O) groups is 1. The van der Waals surface area contributed by atoms with Gasteiger partial charge in [-0.15, -0.1) is 0 Å².